The van der Waals surface area contributed by atoms with E-state index in [4.69, 9.17) is 9.47 Å². The third kappa shape index (κ3) is 5.12. The maximum absolute atomic E-state index is 13.4. The first kappa shape index (κ1) is 26.1. The number of allylic oxidation sites excluding steroid dienone is 3. The van der Waals surface area contributed by atoms with Crippen molar-refractivity contribution in [3.63, 3.8) is 0 Å². The highest BCUT2D eigenvalue weighted by Crippen LogP contribution is 2.39. The molecular weight excluding hydrogens is 466 g/mol. The van der Waals surface area contributed by atoms with Gasteiger partial charge in [-0.3, -0.25) is 14.9 Å². The molecule has 0 spiro atoms. The molecule has 1 heterocycles. The molecule has 2 aromatic rings. The Morgan fingerprint density at radius 2 is 1.61 bits per heavy atom. The van der Waals surface area contributed by atoms with Crippen molar-refractivity contribution < 1.29 is 28.8 Å². The smallest absolute Gasteiger partial charge is 0.421 e. The Bertz CT molecular complexity index is 1270. The molecule has 1 aliphatic rings. The van der Waals surface area contributed by atoms with Gasteiger partial charge in [0, 0.05) is 5.70 Å². The van der Waals surface area contributed by atoms with Crippen LogP contribution in [-0.2, 0) is 19.1 Å². The summed E-state index contributed by atoms with van der Waals surface area (Å²) in [6.45, 7) is 6.21. The molecule has 188 valence electrons. The van der Waals surface area contributed by atoms with Crippen LogP contribution in [0.25, 0.3) is 0 Å². The third-order valence-corrected chi connectivity index (χ3v) is 5.84. The van der Waals surface area contributed by atoms with Gasteiger partial charge in [0.15, 0.2) is 6.10 Å². The number of hydrogen-bond donors (Lipinski definition) is 1. The number of dihydropyridines is 1. The molecule has 0 radical (unpaired) electrons. The molecule has 0 aromatic heterocycles. The first-order chi connectivity index (χ1) is 17.1. The molecule has 2 amide bonds. The number of rotatable bonds is 6. The van der Waals surface area contributed by atoms with Crippen molar-refractivity contribution in [2.45, 2.75) is 39.7 Å². The predicted molar refractivity (Wildman–Crippen MR) is 131 cm³/mol. The number of imide groups is 1. The van der Waals surface area contributed by atoms with Crippen LogP contribution in [-0.4, -0.2) is 36.1 Å². The number of nitrogens with zero attached hydrogens (tertiary/aromatic N) is 2. The highest BCUT2D eigenvalue weighted by Gasteiger charge is 2.42. The Morgan fingerprint density at radius 3 is 2.19 bits per heavy atom. The zero-order valence-corrected chi connectivity index (χ0v) is 20.6. The van der Waals surface area contributed by atoms with Gasteiger partial charge in [0.25, 0.3) is 11.6 Å². The number of methoxy groups -OCH3 is 1. The molecule has 1 aliphatic heterocycles. The molecule has 0 bridgehead atoms. The van der Waals surface area contributed by atoms with Crippen LogP contribution in [0.5, 0.6) is 0 Å². The van der Waals surface area contributed by atoms with Crippen molar-refractivity contribution in [2.75, 3.05) is 12.0 Å². The van der Waals surface area contributed by atoms with Crippen molar-refractivity contribution in [1.82, 2.24) is 5.32 Å². The average Bonchev–Trinajstić information content (AvgIpc) is 2.84. The SMILES string of the molecule is COC(=O)N(C(=O)C(C)OC(=O)C1=C(C)NC(C)=C([N+](=O)[O-])C1c1ccccc1)c1ccccc1C. The summed E-state index contributed by atoms with van der Waals surface area (Å²) >= 11 is 0. The largest absolute Gasteiger partial charge is 0.452 e. The number of aryl methyl sites for hydroxylation is 1. The lowest BCUT2D eigenvalue weighted by Gasteiger charge is -2.28. The third-order valence-electron chi connectivity index (χ3n) is 5.84. The van der Waals surface area contributed by atoms with E-state index in [0.29, 0.717) is 22.5 Å². The van der Waals surface area contributed by atoms with Gasteiger partial charge in [-0.2, -0.15) is 0 Å². The fraction of sp³-hybridized carbons (Fsp3) is 0.269. The molecular formula is C26H27N3O7. The van der Waals surface area contributed by atoms with E-state index in [1.807, 2.05) is 0 Å². The Morgan fingerprint density at radius 1 is 1.00 bits per heavy atom. The minimum atomic E-state index is -1.40. The second-order valence-electron chi connectivity index (χ2n) is 8.25. The number of hydrogen-bond acceptors (Lipinski definition) is 8. The van der Waals surface area contributed by atoms with Gasteiger partial charge < -0.3 is 14.8 Å². The summed E-state index contributed by atoms with van der Waals surface area (Å²) in [4.78, 5) is 51.4. The van der Waals surface area contributed by atoms with Gasteiger partial charge >= 0.3 is 12.1 Å². The maximum atomic E-state index is 13.4. The van der Waals surface area contributed by atoms with E-state index in [2.05, 4.69) is 5.32 Å². The summed E-state index contributed by atoms with van der Waals surface area (Å²) < 4.78 is 10.3. The minimum absolute atomic E-state index is 0.00124. The molecule has 2 unspecified atom stereocenters. The number of benzene rings is 2. The van der Waals surface area contributed by atoms with Gasteiger partial charge in [-0.15, -0.1) is 0 Å². The fourth-order valence-corrected chi connectivity index (χ4v) is 4.13. The van der Waals surface area contributed by atoms with Crippen molar-refractivity contribution in [1.29, 1.82) is 0 Å². The summed E-state index contributed by atoms with van der Waals surface area (Å²) in [5.74, 6) is -2.77. The van der Waals surface area contributed by atoms with Crippen LogP contribution in [0.1, 0.15) is 37.8 Å². The summed E-state index contributed by atoms with van der Waals surface area (Å²) in [7, 11) is 1.14. The summed E-state index contributed by atoms with van der Waals surface area (Å²) in [5, 5.41) is 14.8. The van der Waals surface area contributed by atoms with Gasteiger partial charge in [-0.1, -0.05) is 48.5 Å². The number of nitro groups is 1. The second-order valence-corrected chi connectivity index (χ2v) is 8.25. The predicted octanol–water partition coefficient (Wildman–Crippen LogP) is 4.20. The number of esters is 1. The normalized spacial score (nSPS) is 16.1. The van der Waals surface area contributed by atoms with Gasteiger partial charge in [-0.25, -0.2) is 14.5 Å². The zero-order valence-electron chi connectivity index (χ0n) is 20.6. The van der Waals surface area contributed by atoms with Crippen LogP contribution in [0.4, 0.5) is 10.5 Å². The molecule has 2 aromatic carbocycles. The van der Waals surface area contributed by atoms with E-state index >= 15 is 0 Å². The van der Waals surface area contributed by atoms with Crippen LogP contribution in [0.15, 0.2) is 77.3 Å². The number of amides is 2. The average molecular weight is 494 g/mol. The molecule has 10 heteroatoms. The molecule has 2 atom stereocenters. The summed E-state index contributed by atoms with van der Waals surface area (Å²) in [6, 6.07) is 15.2. The Balaban J connectivity index is 1.96. The van der Waals surface area contributed by atoms with Crippen LogP contribution < -0.4 is 10.2 Å². The molecule has 0 fully saturated rings. The Hall–Kier alpha value is -4.47. The molecule has 0 saturated heterocycles. The van der Waals surface area contributed by atoms with E-state index in [0.717, 1.165) is 12.0 Å². The molecule has 0 saturated carbocycles. The van der Waals surface area contributed by atoms with E-state index in [1.54, 1.807) is 75.4 Å². The molecule has 1 N–H and O–H groups in total. The molecule has 3 rings (SSSR count). The van der Waals surface area contributed by atoms with E-state index in [1.165, 1.54) is 6.92 Å². The lowest BCUT2D eigenvalue weighted by atomic mass is 9.84. The van der Waals surface area contributed by atoms with Gasteiger partial charge in [0.2, 0.25) is 0 Å². The lowest BCUT2D eigenvalue weighted by Crippen LogP contribution is -2.45. The molecule has 10 nitrogen and oxygen atoms in total. The number of anilines is 1. The number of nitrogens with one attached hydrogen (secondary N) is 1. The van der Waals surface area contributed by atoms with E-state index in [9.17, 15) is 24.5 Å². The standard InChI is InChI=1S/C26H27N3O7/c1-15-11-9-10-14-20(15)28(26(32)35-5)24(30)18(4)36-25(31)21-16(2)27-17(3)23(29(33)34)22(21)19-12-7-6-8-13-19/h6-14,18,22,27H,1-5H3. The first-order valence-electron chi connectivity index (χ1n) is 11.1. The van der Waals surface area contributed by atoms with Crippen LogP contribution in [0, 0.1) is 17.0 Å². The van der Waals surface area contributed by atoms with Crippen molar-refractivity contribution in [3.05, 3.63) is 98.5 Å². The number of carbonyl (C=O) groups excluding carboxylic acids is 3. The Kier molecular flexibility index (Phi) is 7.88. The van der Waals surface area contributed by atoms with Crippen LogP contribution in [0.3, 0.4) is 0 Å². The highest BCUT2D eigenvalue weighted by molar-refractivity contribution is 6.14. The maximum Gasteiger partial charge on any atom is 0.421 e. The molecule has 36 heavy (non-hydrogen) atoms. The van der Waals surface area contributed by atoms with E-state index in [-0.39, 0.29) is 17.0 Å². The van der Waals surface area contributed by atoms with Crippen molar-refractivity contribution in [2.24, 2.45) is 0 Å². The number of para-hydroxylation sites is 1. The van der Waals surface area contributed by atoms with Crippen molar-refractivity contribution >= 4 is 23.7 Å². The summed E-state index contributed by atoms with van der Waals surface area (Å²) in [5.41, 5.74) is 1.89. The summed E-state index contributed by atoms with van der Waals surface area (Å²) in [6.07, 6.45) is -2.35. The van der Waals surface area contributed by atoms with E-state index < -0.39 is 34.9 Å². The number of ether oxygens (including phenoxy) is 2. The Labute approximate surface area is 208 Å². The minimum Gasteiger partial charge on any atom is -0.452 e. The van der Waals surface area contributed by atoms with Gasteiger partial charge in [0.05, 0.1) is 29.0 Å². The van der Waals surface area contributed by atoms with Gasteiger partial charge in [-0.05, 0) is 44.9 Å². The zero-order chi connectivity index (χ0) is 26.6. The monoisotopic (exact) mass is 493 g/mol. The lowest BCUT2D eigenvalue weighted by molar-refractivity contribution is -0.431. The van der Waals surface area contributed by atoms with Gasteiger partial charge in [0.1, 0.15) is 5.92 Å². The molecule has 0 aliphatic carbocycles. The topological polar surface area (TPSA) is 128 Å². The second kappa shape index (κ2) is 10.9. The highest BCUT2D eigenvalue weighted by atomic mass is 16.6. The fourth-order valence-electron chi connectivity index (χ4n) is 4.13. The van der Waals surface area contributed by atoms with Crippen LogP contribution >= 0.6 is 0 Å². The van der Waals surface area contributed by atoms with Crippen LogP contribution in [0.2, 0.25) is 0 Å². The van der Waals surface area contributed by atoms with Crippen molar-refractivity contribution in [3.8, 4) is 0 Å². The number of carbonyl (C=O) groups is 3. The quantitative estimate of drug-likeness (QED) is 0.360. The first-order valence-corrected chi connectivity index (χ1v) is 11.1.